The second kappa shape index (κ2) is 6.97. The summed E-state index contributed by atoms with van der Waals surface area (Å²) < 4.78 is 0. The van der Waals surface area contributed by atoms with Gasteiger partial charge in [-0.3, -0.25) is 4.79 Å². The molecule has 4 nitrogen and oxygen atoms in total. The van der Waals surface area contributed by atoms with Crippen LogP contribution in [-0.4, -0.2) is 37.0 Å². The predicted octanol–water partition coefficient (Wildman–Crippen LogP) is 2.72. The Balaban J connectivity index is 1.64. The molecule has 2 aromatic rings. The third kappa shape index (κ3) is 3.51. The minimum absolute atomic E-state index is 0.0532. The Morgan fingerprint density at radius 3 is 2.43 bits per heavy atom. The van der Waals surface area contributed by atoms with E-state index in [1.54, 1.807) is 0 Å². The summed E-state index contributed by atoms with van der Waals surface area (Å²) >= 11 is 0. The van der Waals surface area contributed by atoms with Gasteiger partial charge in [0.25, 0.3) is 5.91 Å². The highest BCUT2D eigenvalue weighted by Crippen LogP contribution is 2.17. The van der Waals surface area contributed by atoms with Gasteiger partial charge < -0.3 is 9.80 Å². The molecule has 1 amide bonds. The molecule has 1 aliphatic heterocycles. The average Bonchev–Trinajstić information content (AvgIpc) is 2.62. The summed E-state index contributed by atoms with van der Waals surface area (Å²) in [7, 11) is 0. The number of amides is 1. The van der Waals surface area contributed by atoms with Crippen molar-refractivity contribution in [3.05, 3.63) is 65.7 Å². The summed E-state index contributed by atoms with van der Waals surface area (Å²) in [6, 6.07) is 19.8. The SMILES string of the molecule is N#CCc1cccc(C(=O)N2CCN(c3ccccc3)CC2)c1. The number of carbonyl (C=O) groups is 1. The fourth-order valence-corrected chi connectivity index (χ4v) is 2.89. The van der Waals surface area contributed by atoms with Crippen molar-refractivity contribution in [2.24, 2.45) is 0 Å². The van der Waals surface area contributed by atoms with Crippen LogP contribution in [-0.2, 0) is 6.42 Å². The summed E-state index contributed by atoms with van der Waals surface area (Å²) in [6.07, 6.45) is 0.336. The van der Waals surface area contributed by atoms with E-state index in [1.807, 2.05) is 47.4 Å². The smallest absolute Gasteiger partial charge is 0.253 e. The molecule has 0 atom stereocenters. The number of hydrogen-bond acceptors (Lipinski definition) is 3. The molecule has 0 spiro atoms. The van der Waals surface area contributed by atoms with Crippen LogP contribution in [0.15, 0.2) is 54.6 Å². The molecule has 0 saturated carbocycles. The van der Waals surface area contributed by atoms with E-state index in [1.165, 1.54) is 5.69 Å². The summed E-state index contributed by atoms with van der Waals surface area (Å²) in [5, 5.41) is 8.78. The number of anilines is 1. The zero-order valence-corrected chi connectivity index (χ0v) is 13.0. The first kappa shape index (κ1) is 15.1. The number of rotatable bonds is 3. The highest BCUT2D eigenvalue weighted by Gasteiger charge is 2.22. The minimum atomic E-state index is 0.0532. The van der Waals surface area contributed by atoms with Crippen LogP contribution in [0.25, 0.3) is 0 Å². The quantitative estimate of drug-likeness (QED) is 0.876. The van der Waals surface area contributed by atoms with Crippen molar-refractivity contribution in [2.45, 2.75) is 6.42 Å². The molecule has 0 aromatic heterocycles. The molecule has 0 N–H and O–H groups in total. The maximum atomic E-state index is 12.6. The van der Waals surface area contributed by atoms with Gasteiger partial charge >= 0.3 is 0 Å². The summed E-state index contributed by atoms with van der Waals surface area (Å²) in [5.74, 6) is 0.0532. The van der Waals surface area contributed by atoms with E-state index in [2.05, 4.69) is 23.1 Å². The molecule has 1 fully saturated rings. The van der Waals surface area contributed by atoms with Crippen LogP contribution in [0.4, 0.5) is 5.69 Å². The van der Waals surface area contributed by atoms with Gasteiger partial charge in [0, 0.05) is 37.4 Å². The Hall–Kier alpha value is -2.80. The summed E-state index contributed by atoms with van der Waals surface area (Å²) in [5.41, 5.74) is 2.77. The Morgan fingerprint density at radius 2 is 1.74 bits per heavy atom. The molecule has 116 valence electrons. The number of benzene rings is 2. The van der Waals surface area contributed by atoms with E-state index >= 15 is 0 Å². The predicted molar refractivity (Wildman–Crippen MR) is 90.3 cm³/mol. The second-order valence-corrected chi connectivity index (χ2v) is 5.65. The van der Waals surface area contributed by atoms with E-state index < -0.39 is 0 Å². The van der Waals surface area contributed by atoms with Crippen molar-refractivity contribution in [1.82, 2.24) is 4.90 Å². The van der Waals surface area contributed by atoms with E-state index in [9.17, 15) is 4.79 Å². The van der Waals surface area contributed by atoms with Gasteiger partial charge in [-0.1, -0.05) is 30.3 Å². The van der Waals surface area contributed by atoms with E-state index in [4.69, 9.17) is 5.26 Å². The Labute approximate surface area is 136 Å². The monoisotopic (exact) mass is 305 g/mol. The molecular formula is C19H19N3O. The third-order valence-electron chi connectivity index (χ3n) is 4.15. The van der Waals surface area contributed by atoms with E-state index in [0.29, 0.717) is 12.0 Å². The topological polar surface area (TPSA) is 47.3 Å². The van der Waals surface area contributed by atoms with Crippen LogP contribution >= 0.6 is 0 Å². The molecule has 2 aromatic carbocycles. The fourth-order valence-electron chi connectivity index (χ4n) is 2.89. The van der Waals surface area contributed by atoms with Gasteiger partial charge in [0.1, 0.15) is 0 Å². The molecule has 3 rings (SSSR count). The van der Waals surface area contributed by atoms with E-state index in [0.717, 1.165) is 31.7 Å². The lowest BCUT2D eigenvalue weighted by Gasteiger charge is -2.36. The van der Waals surface area contributed by atoms with Gasteiger partial charge in [-0.15, -0.1) is 0 Å². The number of nitrogens with zero attached hydrogens (tertiary/aromatic N) is 3. The summed E-state index contributed by atoms with van der Waals surface area (Å²) in [4.78, 5) is 16.8. The number of para-hydroxylation sites is 1. The standard InChI is InChI=1S/C19H19N3O/c20-10-9-16-5-4-6-17(15-16)19(23)22-13-11-21(12-14-22)18-7-2-1-3-8-18/h1-8,15H,9,11-14H2. The van der Waals surface area contributed by atoms with Gasteiger partial charge in [0.05, 0.1) is 12.5 Å². The number of piperazine rings is 1. The molecule has 1 saturated heterocycles. The van der Waals surface area contributed by atoms with Crippen LogP contribution in [0.1, 0.15) is 15.9 Å². The van der Waals surface area contributed by atoms with Crippen LogP contribution < -0.4 is 4.90 Å². The van der Waals surface area contributed by atoms with E-state index in [-0.39, 0.29) is 5.91 Å². The normalized spacial score (nSPS) is 14.4. The van der Waals surface area contributed by atoms with Crippen LogP contribution in [0.2, 0.25) is 0 Å². The van der Waals surface area contributed by atoms with Gasteiger partial charge in [-0.05, 0) is 29.8 Å². The largest absolute Gasteiger partial charge is 0.368 e. The van der Waals surface area contributed by atoms with Crippen LogP contribution in [0, 0.1) is 11.3 Å². The van der Waals surface area contributed by atoms with Crippen molar-refractivity contribution < 1.29 is 4.79 Å². The minimum Gasteiger partial charge on any atom is -0.368 e. The zero-order chi connectivity index (χ0) is 16.1. The molecule has 1 aliphatic rings. The molecule has 0 aliphatic carbocycles. The first-order valence-electron chi connectivity index (χ1n) is 7.83. The molecule has 0 bridgehead atoms. The van der Waals surface area contributed by atoms with Crippen molar-refractivity contribution in [3.8, 4) is 6.07 Å². The first-order valence-corrected chi connectivity index (χ1v) is 7.83. The second-order valence-electron chi connectivity index (χ2n) is 5.65. The lowest BCUT2D eigenvalue weighted by atomic mass is 10.1. The summed E-state index contributed by atoms with van der Waals surface area (Å²) in [6.45, 7) is 3.12. The van der Waals surface area contributed by atoms with Crippen molar-refractivity contribution >= 4 is 11.6 Å². The fraction of sp³-hybridized carbons (Fsp3) is 0.263. The number of nitriles is 1. The van der Waals surface area contributed by atoms with Gasteiger partial charge in [-0.25, -0.2) is 0 Å². The Bertz CT molecular complexity index is 713. The highest BCUT2D eigenvalue weighted by atomic mass is 16.2. The lowest BCUT2D eigenvalue weighted by Crippen LogP contribution is -2.48. The highest BCUT2D eigenvalue weighted by molar-refractivity contribution is 5.94. The maximum Gasteiger partial charge on any atom is 0.253 e. The molecular weight excluding hydrogens is 286 g/mol. The lowest BCUT2D eigenvalue weighted by molar-refractivity contribution is 0.0746. The van der Waals surface area contributed by atoms with Crippen molar-refractivity contribution in [2.75, 3.05) is 31.1 Å². The van der Waals surface area contributed by atoms with Gasteiger partial charge in [0.15, 0.2) is 0 Å². The average molecular weight is 305 g/mol. The van der Waals surface area contributed by atoms with Crippen LogP contribution in [0.5, 0.6) is 0 Å². The molecule has 0 unspecified atom stereocenters. The van der Waals surface area contributed by atoms with Gasteiger partial charge in [0.2, 0.25) is 0 Å². The van der Waals surface area contributed by atoms with Crippen molar-refractivity contribution in [1.29, 1.82) is 5.26 Å². The molecule has 23 heavy (non-hydrogen) atoms. The number of carbonyl (C=O) groups excluding carboxylic acids is 1. The zero-order valence-electron chi connectivity index (χ0n) is 13.0. The van der Waals surface area contributed by atoms with Crippen molar-refractivity contribution in [3.63, 3.8) is 0 Å². The Morgan fingerprint density at radius 1 is 1.00 bits per heavy atom. The van der Waals surface area contributed by atoms with Crippen LogP contribution in [0.3, 0.4) is 0 Å². The molecule has 1 heterocycles. The third-order valence-corrected chi connectivity index (χ3v) is 4.15. The van der Waals surface area contributed by atoms with Gasteiger partial charge in [-0.2, -0.15) is 5.26 Å². The number of hydrogen-bond donors (Lipinski definition) is 0. The molecule has 0 radical (unpaired) electrons. The molecule has 4 heteroatoms. The first-order chi connectivity index (χ1) is 11.3. The Kier molecular flexibility index (Phi) is 4.58. The maximum absolute atomic E-state index is 12.6.